The van der Waals surface area contributed by atoms with E-state index in [1.807, 2.05) is 55.5 Å². The number of rotatable bonds is 3. The average molecular weight is 376 g/mol. The molecule has 2 amide bonds. The van der Waals surface area contributed by atoms with Crippen molar-refractivity contribution in [2.45, 2.75) is 31.7 Å². The molecule has 5 nitrogen and oxygen atoms in total. The summed E-state index contributed by atoms with van der Waals surface area (Å²) in [5, 5.41) is 5.88. The van der Waals surface area contributed by atoms with Crippen LogP contribution in [0.4, 0.5) is 4.79 Å². The summed E-state index contributed by atoms with van der Waals surface area (Å²) in [5.74, 6) is 6.48. The number of hydrogen-bond donors (Lipinski definition) is 2. The summed E-state index contributed by atoms with van der Waals surface area (Å²) in [5.41, 5.74) is 3.23. The van der Waals surface area contributed by atoms with Gasteiger partial charge in [-0.25, -0.2) is 4.79 Å². The Bertz CT molecular complexity index is 887. The fourth-order valence-electron chi connectivity index (χ4n) is 3.67. The maximum Gasteiger partial charge on any atom is 0.315 e. The minimum Gasteiger partial charge on any atom is -0.372 e. The van der Waals surface area contributed by atoms with Crippen molar-refractivity contribution < 1.29 is 14.3 Å². The zero-order chi connectivity index (χ0) is 19.3. The van der Waals surface area contributed by atoms with Crippen LogP contribution < -0.4 is 10.6 Å². The summed E-state index contributed by atoms with van der Waals surface area (Å²) in [6, 6.07) is 17.6. The zero-order valence-electron chi connectivity index (χ0n) is 15.9. The highest BCUT2D eigenvalue weighted by atomic mass is 16.6. The molecule has 2 saturated heterocycles. The number of nitrogens with one attached hydrogen (secondary N) is 2. The minimum atomic E-state index is -0.210. The maximum absolute atomic E-state index is 12.3. The third-order valence-corrected chi connectivity index (χ3v) is 5.08. The second-order valence-corrected chi connectivity index (χ2v) is 7.26. The lowest BCUT2D eigenvalue weighted by atomic mass is 10.0. The van der Waals surface area contributed by atoms with E-state index in [-0.39, 0.29) is 30.2 Å². The van der Waals surface area contributed by atoms with Gasteiger partial charge in [0.05, 0.1) is 25.2 Å². The SMILES string of the molecule is Cc1cccc(CNC(=O)N[C@H]2COC3[C@H](C#Cc4ccccc4)CO[C@@H]32)c1. The van der Waals surface area contributed by atoms with Crippen molar-refractivity contribution in [1.29, 1.82) is 0 Å². The largest absolute Gasteiger partial charge is 0.372 e. The maximum atomic E-state index is 12.3. The molecule has 0 aliphatic carbocycles. The molecular formula is C23H24N2O3. The third-order valence-electron chi connectivity index (χ3n) is 5.08. The van der Waals surface area contributed by atoms with Crippen molar-refractivity contribution in [2.24, 2.45) is 5.92 Å². The topological polar surface area (TPSA) is 59.6 Å². The molecule has 2 heterocycles. The standard InChI is InChI=1S/C23H24N2O3/c1-16-6-5-9-18(12-16)13-24-23(26)25-20-15-28-21-19(14-27-22(20)21)11-10-17-7-3-2-4-8-17/h2-9,12,19-22H,13-15H2,1H3,(H2,24,25,26)/t19-,20+,21?,22-/m1/s1. The van der Waals surface area contributed by atoms with E-state index in [0.717, 1.165) is 11.1 Å². The van der Waals surface area contributed by atoms with Crippen LogP contribution in [-0.2, 0) is 16.0 Å². The number of benzene rings is 2. The van der Waals surface area contributed by atoms with Gasteiger partial charge in [0.25, 0.3) is 0 Å². The molecule has 0 bridgehead atoms. The molecule has 2 fully saturated rings. The molecule has 1 unspecified atom stereocenters. The van der Waals surface area contributed by atoms with Crippen LogP contribution in [0.25, 0.3) is 0 Å². The van der Waals surface area contributed by atoms with Crippen LogP contribution in [0.1, 0.15) is 16.7 Å². The Kier molecular flexibility index (Phi) is 5.61. The Morgan fingerprint density at radius 2 is 1.89 bits per heavy atom. The van der Waals surface area contributed by atoms with Gasteiger partial charge < -0.3 is 20.1 Å². The van der Waals surface area contributed by atoms with Crippen LogP contribution in [0.5, 0.6) is 0 Å². The van der Waals surface area contributed by atoms with E-state index in [4.69, 9.17) is 9.47 Å². The van der Waals surface area contributed by atoms with Crippen LogP contribution in [0.2, 0.25) is 0 Å². The number of amides is 2. The van der Waals surface area contributed by atoms with E-state index in [1.54, 1.807) is 0 Å². The molecule has 0 spiro atoms. The third kappa shape index (κ3) is 4.36. The van der Waals surface area contributed by atoms with Crippen molar-refractivity contribution in [3.63, 3.8) is 0 Å². The predicted octanol–water partition coefficient (Wildman–Crippen LogP) is 2.63. The number of carbonyl (C=O) groups excluding carboxylic acids is 1. The van der Waals surface area contributed by atoms with E-state index in [0.29, 0.717) is 19.8 Å². The van der Waals surface area contributed by atoms with Gasteiger partial charge in [-0.05, 0) is 24.6 Å². The second-order valence-electron chi connectivity index (χ2n) is 7.26. The van der Waals surface area contributed by atoms with Crippen molar-refractivity contribution in [1.82, 2.24) is 10.6 Å². The van der Waals surface area contributed by atoms with Crippen LogP contribution in [0.3, 0.4) is 0 Å². The highest BCUT2D eigenvalue weighted by Crippen LogP contribution is 2.30. The van der Waals surface area contributed by atoms with Crippen molar-refractivity contribution >= 4 is 6.03 Å². The van der Waals surface area contributed by atoms with E-state index in [2.05, 4.69) is 28.5 Å². The smallest absolute Gasteiger partial charge is 0.315 e. The normalized spacial score (nSPS) is 25.5. The molecule has 4 atom stereocenters. The summed E-state index contributed by atoms with van der Waals surface area (Å²) < 4.78 is 11.8. The molecular weight excluding hydrogens is 352 g/mol. The molecule has 144 valence electrons. The molecule has 4 rings (SSSR count). The fourth-order valence-corrected chi connectivity index (χ4v) is 3.67. The first-order valence-electron chi connectivity index (χ1n) is 9.59. The van der Waals surface area contributed by atoms with Crippen LogP contribution >= 0.6 is 0 Å². The number of ether oxygens (including phenoxy) is 2. The fraction of sp³-hybridized carbons (Fsp3) is 0.348. The Balaban J connectivity index is 1.29. The molecule has 2 aliphatic heterocycles. The first-order valence-corrected chi connectivity index (χ1v) is 9.59. The lowest BCUT2D eigenvalue weighted by molar-refractivity contribution is 0.0665. The van der Waals surface area contributed by atoms with Gasteiger partial charge in [-0.2, -0.15) is 0 Å². The van der Waals surface area contributed by atoms with Crippen molar-refractivity contribution in [2.75, 3.05) is 13.2 Å². The molecule has 5 heteroatoms. The minimum absolute atomic E-state index is 0.0207. The molecule has 2 aromatic carbocycles. The molecule has 2 aromatic rings. The lowest BCUT2D eigenvalue weighted by Crippen LogP contribution is -2.48. The van der Waals surface area contributed by atoms with Gasteiger partial charge in [-0.3, -0.25) is 0 Å². The van der Waals surface area contributed by atoms with Gasteiger partial charge >= 0.3 is 6.03 Å². The van der Waals surface area contributed by atoms with Gasteiger partial charge in [-0.15, -0.1) is 0 Å². The van der Waals surface area contributed by atoms with E-state index >= 15 is 0 Å². The molecule has 2 aliphatic rings. The van der Waals surface area contributed by atoms with E-state index < -0.39 is 0 Å². The quantitative estimate of drug-likeness (QED) is 0.810. The van der Waals surface area contributed by atoms with E-state index in [1.165, 1.54) is 5.56 Å². The predicted molar refractivity (Wildman–Crippen MR) is 107 cm³/mol. The summed E-state index contributed by atoms with van der Waals surface area (Å²) in [7, 11) is 0. The first-order chi connectivity index (χ1) is 13.7. The Hall–Kier alpha value is -2.81. The molecule has 28 heavy (non-hydrogen) atoms. The highest BCUT2D eigenvalue weighted by molar-refractivity contribution is 5.74. The number of aryl methyl sites for hydroxylation is 1. The number of fused-ring (bicyclic) bond motifs is 1. The molecule has 0 aromatic heterocycles. The number of hydrogen-bond acceptors (Lipinski definition) is 3. The summed E-state index contributed by atoms with van der Waals surface area (Å²) in [6.07, 6.45) is -0.252. The Morgan fingerprint density at radius 1 is 1.07 bits per heavy atom. The van der Waals surface area contributed by atoms with Gasteiger partial charge in [0, 0.05) is 12.1 Å². The van der Waals surface area contributed by atoms with Crippen LogP contribution in [0.15, 0.2) is 54.6 Å². The van der Waals surface area contributed by atoms with Crippen LogP contribution in [-0.4, -0.2) is 37.5 Å². The van der Waals surface area contributed by atoms with E-state index in [9.17, 15) is 4.79 Å². The van der Waals surface area contributed by atoms with Crippen LogP contribution in [0, 0.1) is 24.7 Å². The lowest BCUT2D eigenvalue weighted by Gasteiger charge is -2.18. The highest BCUT2D eigenvalue weighted by Gasteiger charge is 2.47. The molecule has 2 N–H and O–H groups in total. The summed E-state index contributed by atoms with van der Waals surface area (Å²) in [4.78, 5) is 12.3. The first kappa shape index (κ1) is 18.5. The Labute approximate surface area is 165 Å². The second kappa shape index (κ2) is 8.47. The van der Waals surface area contributed by atoms with Crippen molar-refractivity contribution in [3.05, 3.63) is 71.3 Å². The van der Waals surface area contributed by atoms with Gasteiger partial charge in [0.1, 0.15) is 12.2 Å². The number of carbonyl (C=O) groups is 1. The monoisotopic (exact) mass is 376 g/mol. The molecule has 0 saturated carbocycles. The van der Waals surface area contributed by atoms with Gasteiger partial charge in [0.15, 0.2) is 0 Å². The summed E-state index contributed by atoms with van der Waals surface area (Å²) >= 11 is 0. The number of urea groups is 1. The zero-order valence-corrected chi connectivity index (χ0v) is 15.9. The Morgan fingerprint density at radius 3 is 2.71 bits per heavy atom. The average Bonchev–Trinajstić information content (AvgIpc) is 3.29. The molecule has 0 radical (unpaired) electrons. The van der Waals surface area contributed by atoms with Gasteiger partial charge in [0.2, 0.25) is 0 Å². The van der Waals surface area contributed by atoms with Gasteiger partial charge in [-0.1, -0.05) is 59.9 Å². The summed E-state index contributed by atoms with van der Waals surface area (Å²) in [6.45, 7) is 3.49. The van der Waals surface area contributed by atoms with Crippen molar-refractivity contribution in [3.8, 4) is 11.8 Å².